The van der Waals surface area contributed by atoms with Gasteiger partial charge in [-0.1, -0.05) is 23.7 Å². The third kappa shape index (κ3) is 3.31. The highest BCUT2D eigenvalue weighted by Crippen LogP contribution is 2.37. The summed E-state index contributed by atoms with van der Waals surface area (Å²) in [4.78, 5) is 20.5. The molecule has 124 valence electrons. The number of rotatable bonds is 4. The molecule has 0 saturated carbocycles. The van der Waals surface area contributed by atoms with Crippen molar-refractivity contribution < 1.29 is 0 Å². The third-order valence-electron chi connectivity index (χ3n) is 3.80. The van der Waals surface area contributed by atoms with E-state index in [0.717, 1.165) is 37.2 Å². The molecule has 0 amide bonds. The Morgan fingerprint density at radius 1 is 1.08 bits per heavy atom. The summed E-state index contributed by atoms with van der Waals surface area (Å²) in [5.41, 5.74) is 2.95. The maximum absolute atomic E-state index is 5.99. The third-order valence-corrected chi connectivity index (χ3v) is 5.22. The summed E-state index contributed by atoms with van der Waals surface area (Å²) in [6.45, 7) is 0.633. The molecular formula is C18H14ClN5S. The molecule has 0 saturated heterocycles. The van der Waals surface area contributed by atoms with Crippen molar-refractivity contribution >= 4 is 39.0 Å². The molecule has 0 aliphatic heterocycles. The number of hydrogen-bond acceptors (Lipinski definition) is 6. The van der Waals surface area contributed by atoms with E-state index in [2.05, 4.69) is 30.9 Å². The topological polar surface area (TPSA) is 54.8 Å². The highest BCUT2D eigenvalue weighted by molar-refractivity contribution is 7.22. The van der Waals surface area contributed by atoms with Crippen molar-refractivity contribution in [3.63, 3.8) is 0 Å². The number of aromatic nitrogens is 4. The number of anilines is 1. The van der Waals surface area contributed by atoms with Gasteiger partial charge in [-0.05, 0) is 23.8 Å². The van der Waals surface area contributed by atoms with E-state index in [9.17, 15) is 0 Å². The lowest BCUT2D eigenvalue weighted by Crippen LogP contribution is -2.18. The lowest BCUT2D eigenvalue weighted by atomic mass is 10.2. The summed E-state index contributed by atoms with van der Waals surface area (Å²) in [6.07, 6.45) is 6.73. The number of thiophene rings is 1. The molecular weight excluding hydrogens is 354 g/mol. The van der Waals surface area contributed by atoms with Crippen molar-refractivity contribution in [1.82, 2.24) is 19.9 Å². The van der Waals surface area contributed by atoms with Crippen LogP contribution in [0.2, 0.25) is 5.02 Å². The van der Waals surface area contributed by atoms with E-state index < -0.39 is 0 Å². The van der Waals surface area contributed by atoms with E-state index in [1.165, 1.54) is 0 Å². The van der Waals surface area contributed by atoms with Gasteiger partial charge < -0.3 is 4.90 Å². The second-order valence-electron chi connectivity index (χ2n) is 5.58. The van der Waals surface area contributed by atoms with Crippen molar-refractivity contribution in [2.75, 3.05) is 11.9 Å². The molecule has 0 bridgehead atoms. The summed E-state index contributed by atoms with van der Waals surface area (Å²) in [6, 6.07) is 9.92. The second kappa shape index (κ2) is 6.74. The Labute approximate surface area is 154 Å². The highest BCUT2D eigenvalue weighted by atomic mass is 35.5. The van der Waals surface area contributed by atoms with E-state index >= 15 is 0 Å². The minimum atomic E-state index is 0.633. The molecule has 4 rings (SSSR count). The smallest absolute Gasteiger partial charge is 0.150 e. The Morgan fingerprint density at radius 2 is 1.92 bits per heavy atom. The maximum atomic E-state index is 5.99. The first-order valence-electron chi connectivity index (χ1n) is 7.67. The number of benzene rings is 1. The minimum Gasteiger partial charge on any atom is -0.352 e. The van der Waals surface area contributed by atoms with Gasteiger partial charge >= 0.3 is 0 Å². The molecule has 0 atom stereocenters. The Balaban J connectivity index is 1.71. The predicted molar refractivity (Wildman–Crippen MR) is 102 cm³/mol. The quantitative estimate of drug-likeness (QED) is 0.533. The van der Waals surface area contributed by atoms with Crippen molar-refractivity contribution in [3.05, 3.63) is 66.0 Å². The molecule has 5 nitrogen and oxygen atoms in total. The summed E-state index contributed by atoms with van der Waals surface area (Å²) >= 11 is 7.66. The number of halogens is 1. The highest BCUT2D eigenvalue weighted by Gasteiger charge is 2.14. The van der Waals surface area contributed by atoms with Crippen LogP contribution in [0.4, 0.5) is 5.82 Å². The molecule has 0 aliphatic rings. The Hall–Kier alpha value is -2.57. The Kier molecular flexibility index (Phi) is 4.29. The standard InChI is InChI=1S/C18H14ClN5S/c1-24(10-14-9-20-6-7-21-14)18-17-15(22-11-23-18)8-16(25-17)12-2-4-13(19)5-3-12/h2-9,11H,10H2,1H3. The van der Waals surface area contributed by atoms with Gasteiger partial charge in [0.25, 0.3) is 0 Å². The number of nitrogens with zero attached hydrogens (tertiary/aromatic N) is 5. The Bertz CT molecular complexity index is 1000. The first-order valence-corrected chi connectivity index (χ1v) is 8.86. The van der Waals surface area contributed by atoms with E-state index in [-0.39, 0.29) is 0 Å². The summed E-state index contributed by atoms with van der Waals surface area (Å²) in [5.74, 6) is 0.890. The zero-order chi connectivity index (χ0) is 17.2. The van der Waals surface area contributed by atoms with E-state index in [4.69, 9.17) is 11.6 Å². The monoisotopic (exact) mass is 367 g/mol. The lowest BCUT2D eigenvalue weighted by molar-refractivity contribution is 0.859. The zero-order valence-electron chi connectivity index (χ0n) is 13.4. The molecule has 1 aromatic carbocycles. The number of fused-ring (bicyclic) bond motifs is 1. The first-order chi connectivity index (χ1) is 12.2. The fraction of sp³-hybridized carbons (Fsp3) is 0.111. The largest absolute Gasteiger partial charge is 0.352 e. The van der Waals surface area contributed by atoms with Gasteiger partial charge in [0, 0.05) is 29.3 Å². The van der Waals surface area contributed by atoms with Crippen LogP contribution >= 0.6 is 22.9 Å². The van der Waals surface area contributed by atoms with Gasteiger partial charge in [-0.2, -0.15) is 0 Å². The zero-order valence-corrected chi connectivity index (χ0v) is 15.0. The molecule has 3 aromatic heterocycles. The van der Waals surface area contributed by atoms with Gasteiger partial charge in [-0.15, -0.1) is 11.3 Å². The molecule has 25 heavy (non-hydrogen) atoms. The van der Waals surface area contributed by atoms with Crippen LogP contribution in [0.1, 0.15) is 5.69 Å². The van der Waals surface area contributed by atoms with Gasteiger partial charge in [0.15, 0.2) is 0 Å². The van der Waals surface area contributed by atoms with Crippen LogP contribution in [0.15, 0.2) is 55.2 Å². The molecule has 0 spiro atoms. The summed E-state index contributed by atoms with van der Waals surface area (Å²) in [7, 11) is 2.00. The van der Waals surface area contributed by atoms with Crippen molar-refractivity contribution in [3.8, 4) is 10.4 Å². The molecule has 0 aliphatic carbocycles. The van der Waals surface area contributed by atoms with Crippen LogP contribution in [-0.2, 0) is 6.54 Å². The van der Waals surface area contributed by atoms with Crippen LogP contribution in [-0.4, -0.2) is 27.0 Å². The normalized spacial score (nSPS) is 11.0. The van der Waals surface area contributed by atoms with E-state index in [1.54, 1.807) is 36.3 Å². The van der Waals surface area contributed by atoms with E-state index in [0.29, 0.717) is 6.54 Å². The van der Waals surface area contributed by atoms with Crippen LogP contribution in [0, 0.1) is 0 Å². The fourth-order valence-electron chi connectivity index (χ4n) is 2.60. The van der Waals surface area contributed by atoms with Gasteiger partial charge in [0.1, 0.15) is 12.1 Å². The fourth-order valence-corrected chi connectivity index (χ4v) is 3.89. The van der Waals surface area contributed by atoms with Crippen LogP contribution in [0.5, 0.6) is 0 Å². The van der Waals surface area contributed by atoms with Crippen LogP contribution in [0.3, 0.4) is 0 Å². The van der Waals surface area contributed by atoms with Crippen molar-refractivity contribution in [1.29, 1.82) is 0 Å². The second-order valence-corrected chi connectivity index (χ2v) is 7.07. The minimum absolute atomic E-state index is 0.633. The predicted octanol–water partition coefficient (Wildman–Crippen LogP) is 4.44. The van der Waals surface area contributed by atoms with Gasteiger partial charge in [-0.3, -0.25) is 9.97 Å². The molecule has 0 fully saturated rings. The molecule has 7 heteroatoms. The van der Waals surface area contributed by atoms with Gasteiger partial charge in [-0.25, -0.2) is 9.97 Å². The van der Waals surface area contributed by atoms with E-state index in [1.807, 2.05) is 31.3 Å². The van der Waals surface area contributed by atoms with Gasteiger partial charge in [0.05, 0.1) is 28.7 Å². The first kappa shape index (κ1) is 15.9. The molecule has 3 heterocycles. The SMILES string of the molecule is CN(Cc1cnccn1)c1ncnc2cc(-c3ccc(Cl)cc3)sc12. The maximum Gasteiger partial charge on any atom is 0.150 e. The Morgan fingerprint density at radius 3 is 2.68 bits per heavy atom. The molecule has 0 N–H and O–H groups in total. The van der Waals surface area contributed by atoms with Crippen molar-refractivity contribution in [2.45, 2.75) is 6.54 Å². The molecule has 0 radical (unpaired) electrons. The van der Waals surface area contributed by atoms with Gasteiger partial charge in [0.2, 0.25) is 0 Å². The van der Waals surface area contributed by atoms with Crippen molar-refractivity contribution in [2.24, 2.45) is 0 Å². The lowest BCUT2D eigenvalue weighted by Gasteiger charge is -2.17. The van der Waals surface area contributed by atoms with Crippen LogP contribution < -0.4 is 4.90 Å². The summed E-state index contributed by atoms with van der Waals surface area (Å²) in [5, 5.41) is 0.731. The average molecular weight is 368 g/mol. The summed E-state index contributed by atoms with van der Waals surface area (Å²) < 4.78 is 1.05. The average Bonchev–Trinajstić information content (AvgIpc) is 3.07. The number of hydrogen-bond donors (Lipinski definition) is 0. The molecule has 4 aromatic rings. The molecule has 0 unspecified atom stereocenters. The van der Waals surface area contributed by atoms with Crippen LogP contribution in [0.25, 0.3) is 20.7 Å².